The topological polar surface area (TPSA) is 50.1 Å². The van der Waals surface area contributed by atoms with Crippen LogP contribution >= 0.6 is 0 Å². The molecule has 1 atom stereocenters. The van der Waals surface area contributed by atoms with Crippen molar-refractivity contribution in [3.05, 3.63) is 12.3 Å². The molecule has 1 aromatic rings. The van der Waals surface area contributed by atoms with Gasteiger partial charge in [-0.05, 0) is 12.3 Å². The van der Waals surface area contributed by atoms with Gasteiger partial charge in [0.25, 0.3) is 0 Å². The van der Waals surface area contributed by atoms with Gasteiger partial charge in [0, 0.05) is 25.9 Å². The first-order valence-corrected chi connectivity index (χ1v) is 6.15. The molecule has 2 rings (SSSR count). The van der Waals surface area contributed by atoms with E-state index < -0.39 is 0 Å². The van der Waals surface area contributed by atoms with Gasteiger partial charge in [0.2, 0.25) is 0 Å². The van der Waals surface area contributed by atoms with Crippen LogP contribution in [0.4, 0.5) is 5.82 Å². The lowest BCUT2D eigenvalue weighted by Gasteiger charge is -2.15. The van der Waals surface area contributed by atoms with E-state index in [-0.39, 0.29) is 6.10 Å². The van der Waals surface area contributed by atoms with Crippen molar-refractivity contribution in [2.75, 3.05) is 11.9 Å². The molecule has 0 saturated heterocycles. The highest BCUT2D eigenvalue weighted by atomic mass is 16.3. The van der Waals surface area contributed by atoms with Crippen molar-refractivity contribution in [2.24, 2.45) is 13.0 Å². The number of hydrogen-bond acceptors (Lipinski definition) is 3. The predicted octanol–water partition coefficient (Wildman–Crippen LogP) is 1.77. The SMILES string of the molecule is Cn1ccc(NCC(O)CC2CCCC2)n1. The number of aromatic nitrogens is 2. The maximum atomic E-state index is 9.88. The number of aliphatic hydroxyl groups excluding tert-OH is 1. The third-order valence-electron chi connectivity index (χ3n) is 3.31. The van der Waals surface area contributed by atoms with Crippen LogP contribution in [0.2, 0.25) is 0 Å². The molecule has 1 fully saturated rings. The average molecular weight is 223 g/mol. The van der Waals surface area contributed by atoms with Crippen molar-refractivity contribution in [3.8, 4) is 0 Å². The Hall–Kier alpha value is -1.03. The van der Waals surface area contributed by atoms with Crippen LogP contribution in [0.15, 0.2) is 12.3 Å². The Balaban J connectivity index is 1.68. The van der Waals surface area contributed by atoms with E-state index in [2.05, 4.69) is 10.4 Å². The van der Waals surface area contributed by atoms with E-state index in [9.17, 15) is 5.11 Å². The Bertz CT molecular complexity index is 318. The molecule has 1 aliphatic rings. The molecular formula is C12H21N3O. The average Bonchev–Trinajstić information content (AvgIpc) is 2.87. The van der Waals surface area contributed by atoms with E-state index in [1.54, 1.807) is 4.68 Å². The smallest absolute Gasteiger partial charge is 0.148 e. The van der Waals surface area contributed by atoms with Gasteiger partial charge in [0.15, 0.2) is 0 Å². The zero-order valence-electron chi connectivity index (χ0n) is 9.89. The molecule has 0 amide bonds. The summed E-state index contributed by atoms with van der Waals surface area (Å²) in [6, 6.07) is 1.92. The molecule has 4 heteroatoms. The molecule has 1 saturated carbocycles. The molecule has 1 aromatic heterocycles. The van der Waals surface area contributed by atoms with E-state index in [0.717, 1.165) is 18.2 Å². The summed E-state index contributed by atoms with van der Waals surface area (Å²) in [6.45, 7) is 0.605. The van der Waals surface area contributed by atoms with Gasteiger partial charge >= 0.3 is 0 Å². The summed E-state index contributed by atoms with van der Waals surface area (Å²) >= 11 is 0. The second kappa shape index (κ2) is 5.34. The highest BCUT2D eigenvalue weighted by Gasteiger charge is 2.18. The summed E-state index contributed by atoms with van der Waals surface area (Å²) in [6.07, 6.45) is 7.84. The van der Waals surface area contributed by atoms with E-state index in [1.807, 2.05) is 19.3 Å². The number of aryl methyl sites for hydroxylation is 1. The van der Waals surface area contributed by atoms with Crippen molar-refractivity contribution in [1.82, 2.24) is 9.78 Å². The molecule has 2 N–H and O–H groups in total. The lowest BCUT2D eigenvalue weighted by molar-refractivity contribution is 0.155. The molecule has 0 aromatic carbocycles. The molecular weight excluding hydrogens is 202 g/mol. The number of anilines is 1. The Kier molecular flexibility index (Phi) is 3.83. The van der Waals surface area contributed by atoms with Crippen LogP contribution in [0, 0.1) is 5.92 Å². The zero-order valence-corrected chi connectivity index (χ0v) is 9.89. The minimum absolute atomic E-state index is 0.245. The van der Waals surface area contributed by atoms with Gasteiger partial charge in [-0.3, -0.25) is 4.68 Å². The van der Waals surface area contributed by atoms with Crippen LogP contribution in [-0.4, -0.2) is 27.5 Å². The fourth-order valence-corrected chi connectivity index (χ4v) is 2.45. The van der Waals surface area contributed by atoms with E-state index >= 15 is 0 Å². The summed E-state index contributed by atoms with van der Waals surface area (Å²) in [5.41, 5.74) is 0. The predicted molar refractivity (Wildman–Crippen MR) is 64.3 cm³/mol. The third kappa shape index (κ3) is 3.23. The first-order chi connectivity index (χ1) is 7.74. The Labute approximate surface area is 96.7 Å². The quantitative estimate of drug-likeness (QED) is 0.800. The van der Waals surface area contributed by atoms with Crippen LogP contribution in [0.3, 0.4) is 0 Å². The van der Waals surface area contributed by atoms with Gasteiger partial charge in [-0.25, -0.2) is 0 Å². The molecule has 16 heavy (non-hydrogen) atoms. The summed E-state index contributed by atoms with van der Waals surface area (Å²) in [5.74, 6) is 1.58. The van der Waals surface area contributed by atoms with Gasteiger partial charge < -0.3 is 10.4 Å². The van der Waals surface area contributed by atoms with Crippen LogP contribution in [-0.2, 0) is 7.05 Å². The standard InChI is InChI=1S/C12H21N3O/c1-15-7-6-12(14-15)13-9-11(16)8-10-4-2-3-5-10/h6-7,10-11,16H,2-5,8-9H2,1H3,(H,13,14). The fraction of sp³-hybridized carbons (Fsp3) is 0.750. The zero-order chi connectivity index (χ0) is 11.4. The van der Waals surface area contributed by atoms with Crippen molar-refractivity contribution >= 4 is 5.82 Å². The molecule has 90 valence electrons. The number of rotatable bonds is 5. The highest BCUT2D eigenvalue weighted by Crippen LogP contribution is 2.28. The van der Waals surface area contributed by atoms with Gasteiger partial charge in [-0.1, -0.05) is 25.7 Å². The monoisotopic (exact) mass is 223 g/mol. The number of nitrogens with one attached hydrogen (secondary N) is 1. The number of hydrogen-bond donors (Lipinski definition) is 2. The molecule has 0 aliphatic heterocycles. The van der Waals surface area contributed by atoms with Crippen LogP contribution in [0.5, 0.6) is 0 Å². The minimum atomic E-state index is -0.245. The van der Waals surface area contributed by atoms with E-state index in [0.29, 0.717) is 6.54 Å². The van der Waals surface area contributed by atoms with E-state index in [1.165, 1.54) is 25.7 Å². The fourth-order valence-electron chi connectivity index (χ4n) is 2.45. The number of aliphatic hydroxyl groups is 1. The molecule has 0 bridgehead atoms. The largest absolute Gasteiger partial charge is 0.391 e. The van der Waals surface area contributed by atoms with Crippen LogP contribution in [0.1, 0.15) is 32.1 Å². The first kappa shape index (κ1) is 11.5. The lowest BCUT2D eigenvalue weighted by Crippen LogP contribution is -2.22. The van der Waals surface area contributed by atoms with Crippen LogP contribution in [0.25, 0.3) is 0 Å². The summed E-state index contributed by atoms with van der Waals surface area (Å²) in [4.78, 5) is 0. The van der Waals surface area contributed by atoms with Crippen molar-refractivity contribution in [3.63, 3.8) is 0 Å². The highest BCUT2D eigenvalue weighted by molar-refractivity contribution is 5.31. The second-order valence-electron chi connectivity index (χ2n) is 4.80. The molecule has 4 nitrogen and oxygen atoms in total. The summed E-state index contributed by atoms with van der Waals surface area (Å²) in [5, 5.41) is 17.2. The van der Waals surface area contributed by atoms with Crippen molar-refractivity contribution in [1.29, 1.82) is 0 Å². The molecule has 1 unspecified atom stereocenters. The van der Waals surface area contributed by atoms with Crippen molar-refractivity contribution in [2.45, 2.75) is 38.2 Å². The summed E-state index contributed by atoms with van der Waals surface area (Å²) in [7, 11) is 1.89. The molecule has 0 spiro atoms. The molecule has 1 aliphatic carbocycles. The Morgan fingerprint density at radius 1 is 1.56 bits per heavy atom. The third-order valence-corrected chi connectivity index (χ3v) is 3.31. The maximum Gasteiger partial charge on any atom is 0.148 e. The normalized spacial score (nSPS) is 18.9. The van der Waals surface area contributed by atoms with Crippen LogP contribution < -0.4 is 5.32 Å². The number of nitrogens with zero attached hydrogens (tertiary/aromatic N) is 2. The van der Waals surface area contributed by atoms with Gasteiger partial charge in [-0.15, -0.1) is 0 Å². The minimum Gasteiger partial charge on any atom is -0.391 e. The van der Waals surface area contributed by atoms with Gasteiger partial charge in [0.1, 0.15) is 5.82 Å². The van der Waals surface area contributed by atoms with Crippen molar-refractivity contribution < 1.29 is 5.11 Å². The molecule has 0 radical (unpaired) electrons. The van der Waals surface area contributed by atoms with Gasteiger partial charge in [0.05, 0.1) is 6.10 Å². The Morgan fingerprint density at radius 3 is 2.94 bits per heavy atom. The summed E-state index contributed by atoms with van der Waals surface area (Å²) < 4.78 is 1.76. The second-order valence-corrected chi connectivity index (χ2v) is 4.80. The Morgan fingerprint density at radius 2 is 2.31 bits per heavy atom. The maximum absolute atomic E-state index is 9.88. The molecule has 1 heterocycles. The lowest BCUT2D eigenvalue weighted by atomic mass is 10.0. The first-order valence-electron chi connectivity index (χ1n) is 6.15. The van der Waals surface area contributed by atoms with E-state index in [4.69, 9.17) is 0 Å². The van der Waals surface area contributed by atoms with Gasteiger partial charge in [-0.2, -0.15) is 5.10 Å².